The minimum atomic E-state index is -0.0874. The van der Waals surface area contributed by atoms with Crippen molar-refractivity contribution in [3.8, 4) is 23.0 Å². The number of hydrogen-bond donors (Lipinski definition) is 1. The molecule has 3 aromatic heterocycles. The molecular formula is C25H22N4O2S. The van der Waals surface area contributed by atoms with Gasteiger partial charge in [-0.3, -0.25) is 9.97 Å². The summed E-state index contributed by atoms with van der Waals surface area (Å²) in [5, 5.41) is 10.7. The van der Waals surface area contributed by atoms with Gasteiger partial charge in [0.05, 0.1) is 17.9 Å². The summed E-state index contributed by atoms with van der Waals surface area (Å²) >= 11 is 1.66. The van der Waals surface area contributed by atoms with E-state index in [2.05, 4.69) is 23.0 Å². The lowest BCUT2D eigenvalue weighted by Crippen LogP contribution is -2.13. The minimum absolute atomic E-state index is 0.0874. The molecule has 4 heterocycles. The third kappa shape index (κ3) is 3.85. The summed E-state index contributed by atoms with van der Waals surface area (Å²) in [5.41, 5.74) is 6.69. The van der Waals surface area contributed by atoms with Gasteiger partial charge in [0, 0.05) is 47.5 Å². The number of thioether (sulfide) groups is 1. The molecule has 0 fully saturated rings. The van der Waals surface area contributed by atoms with E-state index in [1.807, 2.05) is 37.3 Å². The highest BCUT2D eigenvalue weighted by molar-refractivity contribution is 7.98. The molecule has 0 radical (unpaired) electrons. The monoisotopic (exact) mass is 442 g/mol. The molecule has 1 aromatic carbocycles. The van der Waals surface area contributed by atoms with Crippen molar-refractivity contribution >= 4 is 11.8 Å². The number of aliphatic hydroxyl groups is 1. The van der Waals surface area contributed by atoms with Crippen LogP contribution in [0.5, 0.6) is 11.6 Å². The molecule has 160 valence electrons. The van der Waals surface area contributed by atoms with Gasteiger partial charge in [-0.15, -0.1) is 11.8 Å². The van der Waals surface area contributed by atoms with Gasteiger partial charge in [0.25, 0.3) is 0 Å². The Kier molecular flexibility index (Phi) is 5.59. The van der Waals surface area contributed by atoms with Crippen molar-refractivity contribution in [2.24, 2.45) is 0 Å². The van der Waals surface area contributed by atoms with E-state index in [-0.39, 0.29) is 6.61 Å². The third-order valence-electron chi connectivity index (χ3n) is 5.57. The number of aliphatic hydroxyl groups excluding tert-OH is 1. The van der Waals surface area contributed by atoms with E-state index in [1.165, 1.54) is 5.56 Å². The van der Waals surface area contributed by atoms with Gasteiger partial charge in [-0.2, -0.15) is 4.98 Å². The van der Waals surface area contributed by atoms with E-state index in [0.717, 1.165) is 44.3 Å². The standard InChI is InChI=1S/C25H22N4O2S/c1-15-5-3-4-6-19(15)23-28-24-21(25(29-23)32-14-17-7-9-26-10-8-17)11-20-18(13-30)12-27-16(2)22(20)31-24/h3-10,12,30H,11,13-14H2,1-2H3. The van der Waals surface area contributed by atoms with Crippen molar-refractivity contribution < 1.29 is 9.84 Å². The zero-order chi connectivity index (χ0) is 22.1. The second-order valence-corrected chi connectivity index (χ2v) is 8.67. The summed E-state index contributed by atoms with van der Waals surface area (Å²) in [4.78, 5) is 18.3. The van der Waals surface area contributed by atoms with Crippen LogP contribution in [0.3, 0.4) is 0 Å². The molecule has 0 atom stereocenters. The first-order valence-corrected chi connectivity index (χ1v) is 11.4. The Morgan fingerprint density at radius 3 is 2.62 bits per heavy atom. The van der Waals surface area contributed by atoms with Crippen LogP contribution >= 0.6 is 11.8 Å². The Bertz CT molecular complexity index is 1290. The highest BCUT2D eigenvalue weighted by Gasteiger charge is 2.28. The molecule has 0 bridgehead atoms. The van der Waals surface area contributed by atoms with E-state index in [0.29, 0.717) is 23.9 Å². The average Bonchev–Trinajstić information content (AvgIpc) is 2.83. The van der Waals surface area contributed by atoms with E-state index >= 15 is 0 Å². The fourth-order valence-electron chi connectivity index (χ4n) is 3.79. The number of aryl methyl sites for hydroxylation is 2. The normalized spacial score (nSPS) is 12.1. The van der Waals surface area contributed by atoms with Gasteiger partial charge in [-0.1, -0.05) is 24.3 Å². The maximum Gasteiger partial charge on any atom is 0.227 e. The Labute approximate surface area is 190 Å². The summed E-state index contributed by atoms with van der Waals surface area (Å²) in [6.45, 7) is 3.88. The molecule has 0 spiro atoms. The van der Waals surface area contributed by atoms with Crippen LogP contribution in [0, 0.1) is 13.8 Å². The molecule has 4 aromatic rings. The number of pyridine rings is 2. The fourth-order valence-corrected chi connectivity index (χ4v) is 4.77. The number of benzene rings is 1. The molecule has 0 aliphatic carbocycles. The van der Waals surface area contributed by atoms with Crippen molar-refractivity contribution in [1.82, 2.24) is 19.9 Å². The zero-order valence-electron chi connectivity index (χ0n) is 17.9. The lowest BCUT2D eigenvalue weighted by atomic mass is 9.99. The second-order valence-electron chi connectivity index (χ2n) is 7.71. The number of ether oxygens (including phenoxy) is 1. The van der Waals surface area contributed by atoms with Crippen molar-refractivity contribution in [1.29, 1.82) is 0 Å². The Morgan fingerprint density at radius 2 is 1.84 bits per heavy atom. The summed E-state index contributed by atoms with van der Waals surface area (Å²) in [6, 6.07) is 12.1. The number of aromatic nitrogens is 4. The van der Waals surface area contributed by atoms with Gasteiger partial charge < -0.3 is 9.84 Å². The van der Waals surface area contributed by atoms with Crippen LogP contribution < -0.4 is 4.74 Å². The number of hydrogen-bond acceptors (Lipinski definition) is 7. The lowest BCUT2D eigenvalue weighted by molar-refractivity contribution is 0.278. The van der Waals surface area contributed by atoms with Gasteiger partial charge in [0.1, 0.15) is 5.03 Å². The first-order chi connectivity index (χ1) is 15.6. The first-order valence-electron chi connectivity index (χ1n) is 10.4. The van der Waals surface area contributed by atoms with Crippen LogP contribution in [0.15, 0.2) is 60.0 Å². The summed E-state index contributed by atoms with van der Waals surface area (Å²) < 4.78 is 6.30. The highest BCUT2D eigenvalue weighted by Crippen LogP contribution is 2.43. The SMILES string of the molecule is Cc1ccccc1-c1nc2c(c(SCc3ccncc3)n1)Cc1c(CO)cnc(C)c1O2. The number of fused-ring (bicyclic) bond motifs is 2. The first kappa shape index (κ1) is 20.6. The fraction of sp³-hybridized carbons (Fsp3) is 0.200. The molecule has 1 aliphatic heterocycles. The predicted octanol–water partition coefficient (Wildman–Crippen LogP) is 5.03. The van der Waals surface area contributed by atoms with E-state index in [4.69, 9.17) is 14.7 Å². The van der Waals surface area contributed by atoms with Gasteiger partial charge in [0.2, 0.25) is 5.88 Å². The molecule has 0 saturated heterocycles. The van der Waals surface area contributed by atoms with E-state index in [1.54, 1.807) is 30.4 Å². The Hall–Kier alpha value is -3.29. The molecule has 0 unspecified atom stereocenters. The van der Waals surface area contributed by atoms with Gasteiger partial charge in [-0.05, 0) is 37.1 Å². The van der Waals surface area contributed by atoms with Gasteiger partial charge in [-0.25, -0.2) is 4.98 Å². The topological polar surface area (TPSA) is 81.0 Å². The van der Waals surface area contributed by atoms with Crippen LogP contribution in [0.2, 0.25) is 0 Å². The van der Waals surface area contributed by atoms with Crippen molar-refractivity contribution in [2.45, 2.75) is 37.7 Å². The number of rotatable bonds is 5. The van der Waals surface area contributed by atoms with Gasteiger partial charge in [0.15, 0.2) is 11.6 Å². The molecule has 7 heteroatoms. The molecule has 1 aliphatic rings. The van der Waals surface area contributed by atoms with E-state index < -0.39 is 0 Å². The molecule has 5 rings (SSSR count). The molecule has 32 heavy (non-hydrogen) atoms. The van der Waals surface area contributed by atoms with Gasteiger partial charge >= 0.3 is 0 Å². The molecule has 6 nitrogen and oxygen atoms in total. The molecule has 1 N–H and O–H groups in total. The predicted molar refractivity (Wildman–Crippen MR) is 124 cm³/mol. The Balaban J connectivity index is 1.62. The number of nitrogens with zero attached hydrogens (tertiary/aromatic N) is 4. The van der Waals surface area contributed by atoms with Crippen LogP contribution in [0.4, 0.5) is 0 Å². The summed E-state index contributed by atoms with van der Waals surface area (Å²) in [7, 11) is 0. The summed E-state index contributed by atoms with van der Waals surface area (Å²) in [5.74, 6) is 2.65. The van der Waals surface area contributed by atoms with Crippen LogP contribution in [0.25, 0.3) is 11.4 Å². The zero-order valence-corrected chi connectivity index (χ0v) is 18.7. The van der Waals surface area contributed by atoms with Crippen LogP contribution in [-0.2, 0) is 18.8 Å². The maximum absolute atomic E-state index is 9.84. The quantitative estimate of drug-likeness (QED) is 0.302. The summed E-state index contributed by atoms with van der Waals surface area (Å²) in [6.07, 6.45) is 5.91. The highest BCUT2D eigenvalue weighted by atomic mass is 32.2. The minimum Gasteiger partial charge on any atom is -0.436 e. The molecule has 0 amide bonds. The van der Waals surface area contributed by atoms with Crippen LogP contribution in [-0.4, -0.2) is 25.0 Å². The maximum atomic E-state index is 9.84. The van der Waals surface area contributed by atoms with Crippen molar-refractivity contribution in [2.75, 3.05) is 0 Å². The second kappa shape index (κ2) is 8.68. The average molecular weight is 443 g/mol. The third-order valence-corrected chi connectivity index (χ3v) is 6.66. The Morgan fingerprint density at radius 1 is 1.03 bits per heavy atom. The van der Waals surface area contributed by atoms with Crippen molar-refractivity contribution in [3.63, 3.8) is 0 Å². The smallest absolute Gasteiger partial charge is 0.227 e. The van der Waals surface area contributed by atoms with Crippen molar-refractivity contribution in [3.05, 3.63) is 88.5 Å². The molecule has 0 saturated carbocycles. The van der Waals surface area contributed by atoms with Crippen LogP contribution in [0.1, 0.15) is 33.5 Å². The largest absolute Gasteiger partial charge is 0.436 e. The van der Waals surface area contributed by atoms with E-state index in [9.17, 15) is 5.11 Å². The lowest BCUT2D eigenvalue weighted by Gasteiger charge is -2.24. The molecular weight excluding hydrogens is 420 g/mol.